The van der Waals surface area contributed by atoms with Crippen molar-refractivity contribution in [3.63, 3.8) is 0 Å². The number of hydrogen-bond donors (Lipinski definition) is 3. The van der Waals surface area contributed by atoms with E-state index in [0.717, 1.165) is 19.0 Å². The first-order chi connectivity index (χ1) is 11.6. The quantitative estimate of drug-likeness (QED) is 0.642. The van der Waals surface area contributed by atoms with E-state index in [0.29, 0.717) is 6.54 Å². The fourth-order valence-corrected chi connectivity index (χ4v) is 3.00. The summed E-state index contributed by atoms with van der Waals surface area (Å²) in [5, 5.41) is 5.42. The second-order valence-electron chi connectivity index (χ2n) is 6.43. The molecule has 1 heterocycles. The van der Waals surface area contributed by atoms with Crippen molar-refractivity contribution in [3.05, 3.63) is 35.9 Å². The van der Waals surface area contributed by atoms with E-state index in [1.165, 1.54) is 18.4 Å². The van der Waals surface area contributed by atoms with Gasteiger partial charge in [-0.2, -0.15) is 0 Å². The number of benzene rings is 1. The maximum absolute atomic E-state index is 11.9. The second-order valence-corrected chi connectivity index (χ2v) is 6.43. The molecule has 1 atom stereocenters. The Morgan fingerprint density at radius 2 is 1.73 bits per heavy atom. The van der Waals surface area contributed by atoms with Gasteiger partial charge in [0.25, 0.3) is 0 Å². The highest BCUT2D eigenvalue weighted by atomic mass is 35.5. The predicted octanol–water partition coefficient (Wildman–Crippen LogP) is 1.49. The van der Waals surface area contributed by atoms with Gasteiger partial charge in [-0.15, -0.1) is 24.8 Å². The van der Waals surface area contributed by atoms with Crippen LogP contribution in [0.15, 0.2) is 30.3 Å². The van der Waals surface area contributed by atoms with Gasteiger partial charge >= 0.3 is 0 Å². The molecule has 1 unspecified atom stereocenters. The minimum atomic E-state index is -0.324. The van der Waals surface area contributed by atoms with Crippen LogP contribution in [-0.2, 0) is 9.59 Å². The van der Waals surface area contributed by atoms with Gasteiger partial charge in [0.2, 0.25) is 11.8 Å². The van der Waals surface area contributed by atoms with Crippen LogP contribution in [0.5, 0.6) is 0 Å². The standard InChI is InChI=1S/C18H28N4O2.2ClH/c1-14-7-9-22(10-8-14)16(15-5-3-2-4-6-15)12-20-18(24)13-21-17(23)11-19;;/h2-6,14,16H,7-13,19H2,1H3,(H,20,24)(H,21,23);2*1H. The van der Waals surface area contributed by atoms with E-state index in [-0.39, 0.29) is 55.8 Å². The Kier molecular flexibility index (Phi) is 12.3. The van der Waals surface area contributed by atoms with Crippen LogP contribution in [0.1, 0.15) is 31.4 Å². The lowest BCUT2D eigenvalue weighted by Crippen LogP contribution is -2.44. The Balaban J connectivity index is 0.00000312. The minimum absolute atomic E-state index is 0. The topological polar surface area (TPSA) is 87.5 Å². The summed E-state index contributed by atoms with van der Waals surface area (Å²) in [5.41, 5.74) is 6.42. The third-order valence-electron chi connectivity index (χ3n) is 4.57. The Hall–Kier alpha value is -1.34. The first-order valence-corrected chi connectivity index (χ1v) is 8.62. The number of nitrogens with two attached hydrogens (primary N) is 1. The zero-order valence-electron chi connectivity index (χ0n) is 15.1. The number of halogens is 2. The van der Waals surface area contributed by atoms with Gasteiger partial charge in [0.1, 0.15) is 0 Å². The normalized spacial score (nSPS) is 15.9. The fourth-order valence-electron chi connectivity index (χ4n) is 3.00. The molecule has 0 bridgehead atoms. The third-order valence-corrected chi connectivity index (χ3v) is 4.57. The molecule has 1 aromatic carbocycles. The van der Waals surface area contributed by atoms with Crippen molar-refractivity contribution in [1.82, 2.24) is 15.5 Å². The number of likely N-dealkylation sites (tertiary alicyclic amines) is 1. The molecule has 1 aromatic rings. The summed E-state index contributed by atoms with van der Waals surface area (Å²) in [6.07, 6.45) is 2.37. The lowest BCUT2D eigenvalue weighted by Gasteiger charge is -2.37. The lowest BCUT2D eigenvalue weighted by molar-refractivity contribution is -0.125. The molecule has 8 heteroatoms. The largest absolute Gasteiger partial charge is 0.353 e. The van der Waals surface area contributed by atoms with E-state index in [1.807, 2.05) is 18.2 Å². The summed E-state index contributed by atoms with van der Waals surface area (Å²) in [6, 6.07) is 10.4. The van der Waals surface area contributed by atoms with Gasteiger partial charge in [-0.3, -0.25) is 14.5 Å². The Morgan fingerprint density at radius 3 is 2.31 bits per heavy atom. The summed E-state index contributed by atoms with van der Waals surface area (Å²) in [5.74, 6) is 0.247. The molecule has 1 aliphatic rings. The van der Waals surface area contributed by atoms with Crippen molar-refractivity contribution in [3.8, 4) is 0 Å². The highest BCUT2D eigenvalue weighted by Gasteiger charge is 2.24. The minimum Gasteiger partial charge on any atom is -0.353 e. The van der Waals surface area contributed by atoms with Crippen molar-refractivity contribution < 1.29 is 9.59 Å². The van der Waals surface area contributed by atoms with E-state index in [4.69, 9.17) is 5.73 Å². The number of nitrogens with zero attached hydrogens (tertiary/aromatic N) is 1. The van der Waals surface area contributed by atoms with Gasteiger partial charge in [-0.1, -0.05) is 37.3 Å². The number of carbonyl (C=O) groups is 2. The monoisotopic (exact) mass is 404 g/mol. The van der Waals surface area contributed by atoms with Crippen LogP contribution < -0.4 is 16.4 Å². The molecule has 0 aliphatic carbocycles. The Morgan fingerprint density at radius 1 is 1.12 bits per heavy atom. The van der Waals surface area contributed by atoms with Crippen molar-refractivity contribution in [1.29, 1.82) is 0 Å². The maximum atomic E-state index is 11.9. The van der Waals surface area contributed by atoms with E-state index in [2.05, 4.69) is 34.6 Å². The van der Waals surface area contributed by atoms with Crippen molar-refractivity contribution in [2.75, 3.05) is 32.7 Å². The van der Waals surface area contributed by atoms with Crippen LogP contribution in [-0.4, -0.2) is 49.4 Å². The van der Waals surface area contributed by atoms with E-state index in [9.17, 15) is 9.59 Å². The molecule has 0 saturated carbocycles. The molecule has 6 nitrogen and oxygen atoms in total. The Labute approximate surface area is 168 Å². The smallest absolute Gasteiger partial charge is 0.239 e. The molecule has 0 spiro atoms. The molecule has 0 aromatic heterocycles. The van der Waals surface area contributed by atoms with Crippen molar-refractivity contribution >= 4 is 36.6 Å². The van der Waals surface area contributed by atoms with Gasteiger partial charge in [-0.05, 0) is 37.4 Å². The average molecular weight is 405 g/mol. The molecule has 4 N–H and O–H groups in total. The maximum Gasteiger partial charge on any atom is 0.239 e. The van der Waals surface area contributed by atoms with Crippen LogP contribution >= 0.6 is 24.8 Å². The molecule has 1 fully saturated rings. The highest BCUT2D eigenvalue weighted by molar-refractivity contribution is 5.86. The van der Waals surface area contributed by atoms with Crippen molar-refractivity contribution in [2.45, 2.75) is 25.8 Å². The molecule has 0 radical (unpaired) electrons. The number of hydrogen-bond acceptors (Lipinski definition) is 4. The molecule has 1 saturated heterocycles. The van der Waals surface area contributed by atoms with E-state index >= 15 is 0 Å². The van der Waals surface area contributed by atoms with Crippen LogP contribution in [0.25, 0.3) is 0 Å². The summed E-state index contributed by atoms with van der Waals surface area (Å²) in [7, 11) is 0. The molecule has 148 valence electrons. The predicted molar refractivity (Wildman–Crippen MR) is 109 cm³/mol. The molecule has 26 heavy (non-hydrogen) atoms. The first kappa shape index (κ1) is 24.7. The summed E-state index contributed by atoms with van der Waals surface area (Å²) in [4.78, 5) is 25.5. The van der Waals surface area contributed by atoms with Gasteiger partial charge in [0.15, 0.2) is 0 Å². The number of nitrogens with one attached hydrogen (secondary N) is 2. The van der Waals surface area contributed by atoms with Crippen molar-refractivity contribution in [2.24, 2.45) is 11.7 Å². The molecular weight excluding hydrogens is 375 g/mol. The Bertz CT molecular complexity index is 537. The third kappa shape index (κ3) is 7.91. The average Bonchev–Trinajstić information content (AvgIpc) is 2.62. The van der Waals surface area contributed by atoms with E-state index < -0.39 is 0 Å². The zero-order chi connectivity index (χ0) is 17.4. The molecule has 1 aliphatic heterocycles. The number of piperidine rings is 1. The van der Waals surface area contributed by atoms with Crippen LogP contribution in [0.2, 0.25) is 0 Å². The summed E-state index contributed by atoms with van der Waals surface area (Å²) in [6.45, 7) is 4.77. The van der Waals surface area contributed by atoms with E-state index in [1.54, 1.807) is 0 Å². The SMILES string of the molecule is CC1CCN(C(CNC(=O)CNC(=O)CN)c2ccccc2)CC1.Cl.Cl. The van der Waals surface area contributed by atoms with Gasteiger partial charge in [0.05, 0.1) is 19.1 Å². The summed E-state index contributed by atoms with van der Waals surface area (Å²) < 4.78 is 0. The highest BCUT2D eigenvalue weighted by Crippen LogP contribution is 2.26. The zero-order valence-corrected chi connectivity index (χ0v) is 16.8. The first-order valence-electron chi connectivity index (χ1n) is 8.62. The second kappa shape index (κ2) is 12.9. The fraction of sp³-hybridized carbons (Fsp3) is 0.556. The lowest BCUT2D eigenvalue weighted by atomic mass is 9.95. The van der Waals surface area contributed by atoms with Gasteiger partial charge in [-0.25, -0.2) is 0 Å². The van der Waals surface area contributed by atoms with Crippen LogP contribution in [0, 0.1) is 5.92 Å². The molecule has 2 amide bonds. The van der Waals surface area contributed by atoms with Crippen LogP contribution in [0.3, 0.4) is 0 Å². The van der Waals surface area contributed by atoms with Gasteiger partial charge in [0, 0.05) is 6.54 Å². The van der Waals surface area contributed by atoms with Gasteiger partial charge < -0.3 is 16.4 Å². The number of rotatable bonds is 7. The summed E-state index contributed by atoms with van der Waals surface area (Å²) >= 11 is 0. The molecular formula is C18H30Cl2N4O2. The van der Waals surface area contributed by atoms with Crippen LogP contribution in [0.4, 0.5) is 0 Å². The number of carbonyl (C=O) groups excluding carboxylic acids is 2. The number of amides is 2. The molecule has 2 rings (SSSR count).